The standard InChI is InChI=1S/C24H33BO5/c1-16(2)18-11-9-17(10-12-18)15-28-22-20(26-7)13-19(14-21(22)27-8)25-29-23(3,4)24(5,6)30-25/h9-14,16H,15H2,1-8H3. The summed E-state index contributed by atoms with van der Waals surface area (Å²) in [6.45, 7) is 12.9. The molecule has 0 saturated carbocycles. The van der Waals surface area contributed by atoms with Crippen LogP contribution in [0.4, 0.5) is 0 Å². The summed E-state index contributed by atoms with van der Waals surface area (Å²) in [5.74, 6) is 2.23. The second-order valence-electron chi connectivity index (χ2n) is 9.03. The van der Waals surface area contributed by atoms with Gasteiger partial charge in [0, 0.05) is 0 Å². The summed E-state index contributed by atoms with van der Waals surface area (Å²) < 4.78 is 29.7. The second-order valence-corrected chi connectivity index (χ2v) is 9.03. The number of benzene rings is 2. The van der Waals surface area contributed by atoms with Crippen LogP contribution in [0.3, 0.4) is 0 Å². The zero-order valence-electron chi connectivity index (χ0n) is 19.4. The molecule has 0 amide bonds. The molecule has 0 radical (unpaired) electrons. The van der Waals surface area contributed by atoms with E-state index in [1.165, 1.54) is 5.56 Å². The summed E-state index contributed by atoms with van der Waals surface area (Å²) in [5.41, 5.74) is 2.38. The second kappa shape index (κ2) is 8.52. The highest BCUT2D eigenvalue weighted by Crippen LogP contribution is 2.40. The van der Waals surface area contributed by atoms with Gasteiger partial charge >= 0.3 is 7.12 Å². The molecule has 1 heterocycles. The maximum atomic E-state index is 6.17. The maximum absolute atomic E-state index is 6.17. The van der Waals surface area contributed by atoms with Crippen molar-refractivity contribution in [3.63, 3.8) is 0 Å². The van der Waals surface area contributed by atoms with Crippen LogP contribution < -0.4 is 19.7 Å². The van der Waals surface area contributed by atoms with E-state index in [0.29, 0.717) is 29.8 Å². The molecule has 1 saturated heterocycles. The van der Waals surface area contributed by atoms with Crippen LogP contribution in [-0.4, -0.2) is 32.5 Å². The lowest BCUT2D eigenvalue weighted by Crippen LogP contribution is -2.41. The van der Waals surface area contributed by atoms with E-state index < -0.39 is 18.3 Å². The minimum absolute atomic E-state index is 0.418. The van der Waals surface area contributed by atoms with Crippen molar-refractivity contribution < 1.29 is 23.5 Å². The number of hydrogen-bond donors (Lipinski definition) is 0. The smallest absolute Gasteiger partial charge is 0.493 e. The average Bonchev–Trinajstić information content (AvgIpc) is 2.93. The molecule has 6 heteroatoms. The summed E-state index contributed by atoms with van der Waals surface area (Å²) >= 11 is 0. The lowest BCUT2D eigenvalue weighted by molar-refractivity contribution is 0.00578. The Balaban J connectivity index is 1.83. The van der Waals surface area contributed by atoms with Gasteiger partial charge in [0.1, 0.15) is 6.61 Å². The van der Waals surface area contributed by atoms with E-state index in [-0.39, 0.29) is 0 Å². The average molecular weight is 412 g/mol. The zero-order chi connectivity index (χ0) is 22.1. The molecule has 0 atom stereocenters. The van der Waals surface area contributed by atoms with Gasteiger partial charge in [0.2, 0.25) is 5.75 Å². The molecule has 0 aliphatic carbocycles. The summed E-state index contributed by atoms with van der Waals surface area (Å²) in [6, 6.07) is 12.2. The molecule has 3 rings (SSSR count). The van der Waals surface area contributed by atoms with E-state index in [1.807, 2.05) is 39.8 Å². The van der Waals surface area contributed by atoms with E-state index in [9.17, 15) is 0 Å². The van der Waals surface area contributed by atoms with Crippen LogP contribution in [0.15, 0.2) is 36.4 Å². The van der Waals surface area contributed by atoms with Crippen molar-refractivity contribution in [1.29, 1.82) is 0 Å². The van der Waals surface area contributed by atoms with Gasteiger partial charge in [0.25, 0.3) is 0 Å². The fourth-order valence-corrected chi connectivity index (χ4v) is 3.31. The van der Waals surface area contributed by atoms with Crippen molar-refractivity contribution >= 4 is 12.6 Å². The summed E-state index contributed by atoms with van der Waals surface area (Å²) in [4.78, 5) is 0. The van der Waals surface area contributed by atoms with Crippen molar-refractivity contribution in [2.45, 2.75) is 65.3 Å². The molecule has 2 aromatic carbocycles. The molecule has 0 aromatic heterocycles. The third kappa shape index (κ3) is 4.45. The van der Waals surface area contributed by atoms with Crippen LogP contribution in [0.25, 0.3) is 0 Å². The van der Waals surface area contributed by atoms with Gasteiger partial charge in [-0.25, -0.2) is 0 Å². The number of methoxy groups -OCH3 is 2. The Hall–Kier alpha value is -2.18. The third-order valence-electron chi connectivity index (χ3n) is 6.04. The first kappa shape index (κ1) is 22.5. The van der Waals surface area contributed by atoms with Crippen molar-refractivity contribution in [3.8, 4) is 17.2 Å². The lowest BCUT2D eigenvalue weighted by Gasteiger charge is -2.32. The van der Waals surface area contributed by atoms with E-state index in [0.717, 1.165) is 11.0 Å². The molecule has 0 bridgehead atoms. The highest BCUT2D eigenvalue weighted by molar-refractivity contribution is 6.62. The van der Waals surface area contributed by atoms with E-state index in [1.54, 1.807) is 14.2 Å². The van der Waals surface area contributed by atoms with E-state index in [2.05, 4.69) is 38.1 Å². The largest absolute Gasteiger partial charge is 0.495 e. The molecule has 30 heavy (non-hydrogen) atoms. The molecule has 1 aliphatic rings. The molecule has 2 aromatic rings. The summed E-state index contributed by atoms with van der Waals surface area (Å²) in [5, 5.41) is 0. The predicted molar refractivity (Wildman–Crippen MR) is 120 cm³/mol. The highest BCUT2D eigenvalue weighted by atomic mass is 16.7. The van der Waals surface area contributed by atoms with Crippen molar-refractivity contribution in [2.75, 3.05) is 14.2 Å². The first-order valence-corrected chi connectivity index (χ1v) is 10.4. The molecule has 0 spiro atoms. The Morgan fingerprint density at radius 2 is 1.37 bits per heavy atom. The van der Waals surface area contributed by atoms with Gasteiger partial charge in [-0.1, -0.05) is 38.1 Å². The first-order chi connectivity index (χ1) is 14.1. The van der Waals surface area contributed by atoms with Gasteiger partial charge in [0.15, 0.2) is 11.5 Å². The fraction of sp³-hybridized carbons (Fsp3) is 0.500. The molecule has 0 unspecified atom stereocenters. The lowest BCUT2D eigenvalue weighted by atomic mass is 9.78. The van der Waals surface area contributed by atoms with Gasteiger partial charge in [-0.15, -0.1) is 0 Å². The van der Waals surface area contributed by atoms with Crippen LogP contribution in [0.2, 0.25) is 0 Å². The van der Waals surface area contributed by atoms with Crippen molar-refractivity contribution in [3.05, 3.63) is 47.5 Å². The quantitative estimate of drug-likeness (QED) is 0.617. The minimum atomic E-state index is -0.504. The SMILES string of the molecule is COc1cc(B2OC(C)(C)C(C)(C)O2)cc(OC)c1OCc1ccc(C(C)C)cc1. The molecule has 162 valence electrons. The van der Waals surface area contributed by atoms with Crippen LogP contribution in [-0.2, 0) is 15.9 Å². The normalized spacial score (nSPS) is 17.3. The molecular formula is C24H33BO5. The summed E-state index contributed by atoms with van der Waals surface area (Å²) in [6.07, 6.45) is 0. The molecule has 1 fully saturated rings. The molecule has 0 N–H and O–H groups in total. The van der Waals surface area contributed by atoms with Crippen LogP contribution in [0.5, 0.6) is 17.2 Å². The van der Waals surface area contributed by atoms with Crippen molar-refractivity contribution in [2.24, 2.45) is 0 Å². The molecule has 1 aliphatic heterocycles. The first-order valence-electron chi connectivity index (χ1n) is 10.4. The maximum Gasteiger partial charge on any atom is 0.495 e. The Morgan fingerprint density at radius 1 is 0.867 bits per heavy atom. The number of ether oxygens (including phenoxy) is 3. The van der Waals surface area contributed by atoms with Gasteiger partial charge in [-0.2, -0.15) is 0 Å². The Bertz CT molecular complexity index is 833. The van der Waals surface area contributed by atoms with Gasteiger partial charge < -0.3 is 23.5 Å². The summed E-state index contributed by atoms with van der Waals surface area (Å²) in [7, 11) is 2.73. The molecular weight excluding hydrogens is 379 g/mol. The Kier molecular flexibility index (Phi) is 6.39. The topological polar surface area (TPSA) is 46.2 Å². The predicted octanol–water partition coefficient (Wildman–Crippen LogP) is 4.71. The molecule has 5 nitrogen and oxygen atoms in total. The third-order valence-corrected chi connectivity index (χ3v) is 6.04. The minimum Gasteiger partial charge on any atom is -0.493 e. The van der Waals surface area contributed by atoms with E-state index in [4.69, 9.17) is 23.5 Å². The Labute approximate surface area is 180 Å². The van der Waals surface area contributed by atoms with Crippen LogP contribution in [0.1, 0.15) is 58.6 Å². The number of hydrogen-bond acceptors (Lipinski definition) is 5. The van der Waals surface area contributed by atoms with Crippen LogP contribution >= 0.6 is 0 Å². The Morgan fingerprint density at radius 3 is 1.80 bits per heavy atom. The van der Waals surface area contributed by atoms with Gasteiger partial charge in [-0.05, 0) is 62.3 Å². The zero-order valence-corrected chi connectivity index (χ0v) is 19.4. The van der Waals surface area contributed by atoms with Crippen molar-refractivity contribution in [1.82, 2.24) is 0 Å². The number of rotatable bonds is 7. The van der Waals surface area contributed by atoms with E-state index >= 15 is 0 Å². The van der Waals surface area contributed by atoms with Crippen LogP contribution in [0, 0.1) is 0 Å². The fourth-order valence-electron chi connectivity index (χ4n) is 3.31. The van der Waals surface area contributed by atoms with Gasteiger partial charge in [0.05, 0.1) is 25.4 Å². The highest BCUT2D eigenvalue weighted by Gasteiger charge is 2.52. The van der Waals surface area contributed by atoms with Gasteiger partial charge in [-0.3, -0.25) is 0 Å². The monoisotopic (exact) mass is 412 g/mol.